The molecule has 1 aromatic rings. The van der Waals surface area contributed by atoms with Crippen LogP contribution in [-0.2, 0) is 6.54 Å². The van der Waals surface area contributed by atoms with E-state index in [0.29, 0.717) is 6.54 Å². The molecular formula is C14H19FN2O. The van der Waals surface area contributed by atoms with Crippen LogP contribution in [0.25, 0.3) is 0 Å². The summed E-state index contributed by atoms with van der Waals surface area (Å²) in [7, 11) is 0. The van der Waals surface area contributed by atoms with Crippen LogP contribution < -0.4 is 5.32 Å². The van der Waals surface area contributed by atoms with Crippen LogP contribution in [-0.4, -0.2) is 17.3 Å². The molecule has 18 heavy (non-hydrogen) atoms. The van der Waals surface area contributed by atoms with Gasteiger partial charge in [-0.05, 0) is 30.5 Å². The lowest BCUT2D eigenvalue weighted by Gasteiger charge is -2.31. The largest absolute Gasteiger partial charge is 0.394 e. The van der Waals surface area contributed by atoms with Gasteiger partial charge in [0.25, 0.3) is 0 Å². The molecule has 0 heterocycles. The summed E-state index contributed by atoms with van der Waals surface area (Å²) in [5, 5.41) is 21.5. The Labute approximate surface area is 107 Å². The molecule has 3 nitrogen and oxygen atoms in total. The molecule has 0 aliphatic heterocycles. The average molecular weight is 250 g/mol. The SMILES string of the molecule is CCC(CC)(CO)NCc1ccc(F)c(C#N)c1. The van der Waals surface area contributed by atoms with Crippen LogP contribution in [0.2, 0.25) is 0 Å². The Morgan fingerprint density at radius 1 is 1.39 bits per heavy atom. The molecule has 0 bridgehead atoms. The van der Waals surface area contributed by atoms with E-state index in [0.717, 1.165) is 18.4 Å². The summed E-state index contributed by atoms with van der Waals surface area (Å²) >= 11 is 0. The van der Waals surface area contributed by atoms with E-state index in [1.807, 2.05) is 19.9 Å². The second-order valence-electron chi connectivity index (χ2n) is 4.43. The van der Waals surface area contributed by atoms with Crippen molar-refractivity contribution in [1.82, 2.24) is 5.32 Å². The molecule has 0 atom stereocenters. The first-order chi connectivity index (χ1) is 8.60. The molecule has 0 radical (unpaired) electrons. The lowest BCUT2D eigenvalue weighted by molar-refractivity contribution is 0.149. The summed E-state index contributed by atoms with van der Waals surface area (Å²) in [5.41, 5.74) is 0.589. The van der Waals surface area contributed by atoms with Crippen LogP contribution in [0, 0.1) is 17.1 Å². The predicted molar refractivity (Wildman–Crippen MR) is 68.4 cm³/mol. The summed E-state index contributed by atoms with van der Waals surface area (Å²) in [5.74, 6) is -0.499. The molecule has 4 heteroatoms. The number of aliphatic hydroxyl groups excluding tert-OH is 1. The van der Waals surface area contributed by atoms with Gasteiger partial charge in [0.05, 0.1) is 12.2 Å². The van der Waals surface area contributed by atoms with Gasteiger partial charge in [0.1, 0.15) is 11.9 Å². The zero-order valence-corrected chi connectivity index (χ0v) is 10.8. The number of hydrogen-bond acceptors (Lipinski definition) is 3. The van der Waals surface area contributed by atoms with Gasteiger partial charge >= 0.3 is 0 Å². The molecule has 0 spiro atoms. The van der Waals surface area contributed by atoms with Gasteiger partial charge in [-0.25, -0.2) is 4.39 Å². The maximum absolute atomic E-state index is 13.2. The molecule has 0 saturated carbocycles. The van der Waals surface area contributed by atoms with Crippen molar-refractivity contribution in [1.29, 1.82) is 5.26 Å². The highest BCUT2D eigenvalue weighted by Gasteiger charge is 2.24. The van der Waals surface area contributed by atoms with Gasteiger partial charge in [0.2, 0.25) is 0 Å². The van der Waals surface area contributed by atoms with Crippen LogP contribution in [0.5, 0.6) is 0 Å². The molecule has 1 rings (SSSR count). The van der Waals surface area contributed by atoms with Crippen molar-refractivity contribution >= 4 is 0 Å². The van der Waals surface area contributed by atoms with Crippen molar-refractivity contribution in [2.45, 2.75) is 38.8 Å². The highest BCUT2D eigenvalue weighted by atomic mass is 19.1. The predicted octanol–water partition coefficient (Wildman–Crippen LogP) is 2.34. The summed E-state index contributed by atoms with van der Waals surface area (Å²) in [4.78, 5) is 0. The summed E-state index contributed by atoms with van der Waals surface area (Å²) in [6.07, 6.45) is 1.62. The van der Waals surface area contributed by atoms with Crippen molar-refractivity contribution in [3.63, 3.8) is 0 Å². The van der Waals surface area contributed by atoms with E-state index in [2.05, 4.69) is 5.32 Å². The molecule has 0 fully saturated rings. The van der Waals surface area contributed by atoms with Crippen LogP contribution in [0.4, 0.5) is 4.39 Å². The first-order valence-corrected chi connectivity index (χ1v) is 6.15. The Balaban J connectivity index is 2.77. The molecule has 98 valence electrons. The molecule has 0 amide bonds. The van der Waals surface area contributed by atoms with Gasteiger partial charge in [0, 0.05) is 12.1 Å². The number of benzene rings is 1. The Bertz CT molecular complexity index is 428. The fraction of sp³-hybridized carbons (Fsp3) is 0.500. The normalized spacial score (nSPS) is 11.3. The quantitative estimate of drug-likeness (QED) is 0.814. The van der Waals surface area contributed by atoms with Crippen LogP contribution in [0.1, 0.15) is 37.8 Å². The third-order valence-electron chi connectivity index (χ3n) is 3.47. The van der Waals surface area contributed by atoms with E-state index in [1.165, 1.54) is 12.1 Å². The van der Waals surface area contributed by atoms with Crippen LogP contribution in [0.15, 0.2) is 18.2 Å². The lowest BCUT2D eigenvalue weighted by Crippen LogP contribution is -2.47. The zero-order chi connectivity index (χ0) is 13.6. The highest BCUT2D eigenvalue weighted by Crippen LogP contribution is 2.16. The van der Waals surface area contributed by atoms with Crippen molar-refractivity contribution in [3.8, 4) is 6.07 Å². The number of nitrogens with zero attached hydrogens (tertiary/aromatic N) is 1. The van der Waals surface area contributed by atoms with Crippen molar-refractivity contribution in [2.24, 2.45) is 0 Å². The van der Waals surface area contributed by atoms with Crippen LogP contribution in [0.3, 0.4) is 0 Å². The standard InChI is InChI=1S/C14H19FN2O/c1-3-14(4-2,10-18)17-9-11-5-6-13(15)12(7-11)8-16/h5-7,17-18H,3-4,9-10H2,1-2H3. The first kappa shape index (κ1) is 14.6. The summed E-state index contributed by atoms with van der Waals surface area (Å²) in [6.45, 7) is 4.60. The number of aliphatic hydroxyl groups is 1. The van der Waals surface area contributed by atoms with Gasteiger partial charge in [-0.3, -0.25) is 0 Å². The topological polar surface area (TPSA) is 56.0 Å². The minimum Gasteiger partial charge on any atom is -0.394 e. The number of hydrogen-bond donors (Lipinski definition) is 2. The van der Waals surface area contributed by atoms with Crippen molar-refractivity contribution in [3.05, 3.63) is 35.1 Å². The van der Waals surface area contributed by atoms with Gasteiger partial charge in [-0.15, -0.1) is 0 Å². The minimum absolute atomic E-state index is 0.0527. The van der Waals surface area contributed by atoms with E-state index in [-0.39, 0.29) is 17.7 Å². The lowest BCUT2D eigenvalue weighted by atomic mass is 9.93. The van der Waals surface area contributed by atoms with E-state index in [4.69, 9.17) is 5.26 Å². The molecule has 0 unspecified atom stereocenters. The molecule has 0 aromatic heterocycles. The van der Waals surface area contributed by atoms with Gasteiger partial charge in [-0.1, -0.05) is 19.9 Å². The highest BCUT2D eigenvalue weighted by molar-refractivity contribution is 5.34. The number of nitriles is 1. The van der Waals surface area contributed by atoms with Gasteiger partial charge in [-0.2, -0.15) is 5.26 Å². The van der Waals surface area contributed by atoms with Gasteiger partial charge < -0.3 is 10.4 Å². The molecule has 2 N–H and O–H groups in total. The summed E-state index contributed by atoms with van der Waals surface area (Å²) in [6, 6.07) is 6.31. The third kappa shape index (κ3) is 3.28. The monoisotopic (exact) mass is 250 g/mol. The zero-order valence-electron chi connectivity index (χ0n) is 10.8. The summed E-state index contributed by atoms with van der Waals surface area (Å²) < 4.78 is 13.2. The molecule has 0 saturated heterocycles. The maximum atomic E-state index is 13.2. The first-order valence-electron chi connectivity index (χ1n) is 6.15. The average Bonchev–Trinajstić information content (AvgIpc) is 2.42. The van der Waals surface area contributed by atoms with Crippen molar-refractivity contribution in [2.75, 3.05) is 6.61 Å². The Kier molecular flexibility index (Phi) is 5.26. The minimum atomic E-state index is -0.499. The van der Waals surface area contributed by atoms with Crippen LogP contribution >= 0.6 is 0 Å². The second-order valence-corrected chi connectivity index (χ2v) is 4.43. The second kappa shape index (κ2) is 6.48. The molecule has 1 aromatic carbocycles. The molecular weight excluding hydrogens is 231 g/mol. The maximum Gasteiger partial charge on any atom is 0.140 e. The van der Waals surface area contributed by atoms with Gasteiger partial charge in [0.15, 0.2) is 0 Å². The Hall–Kier alpha value is -1.44. The third-order valence-corrected chi connectivity index (χ3v) is 3.47. The van der Waals surface area contributed by atoms with E-state index >= 15 is 0 Å². The Morgan fingerprint density at radius 3 is 2.56 bits per heavy atom. The van der Waals surface area contributed by atoms with Crippen molar-refractivity contribution < 1.29 is 9.50 Å². The van der Waals surface area contributed by atoms with E-state index < -0.39 is 5.82 Å². The smallest absolute Gasteiger partial charge is 0.140 e. The number of rotatable bonds is 6. The fourth-order valence-corrected chi connectivity index (χ4v) is 1.84. The number of nitrogens with one attached hydrogen (secondary N) is 1. The van der Waals surface area contributed by atoms with E-state index in [9.17, 15) is 9.50 Å². The number of halogens is 1. The van der Waals surface area contributed by atoms with E-state index in [1.54, 1.807) is 6.07 Å². The fourth-order valence-electron chi connectivity index (χ4n) is 1.84. The molecule has 0 aliphatic carbocycles. The Morgan fingerprint density at radius 2 is 2.06 bits per heavy atom. The molecule has 0 aliphatic rings.